The quantitative estimate of drug-likeness (QED) is 0.533. The van der Waals surface area contributed by atoms with Gasteiger partial charge in [0.2, 0.25) is 5.82 Å². The van der Waals surface area contributed by atoms with Crippen molar-refractivity contribution in [2.45, 2.75) is 13.8 Å². The van der Waals surface area contributed by atoms with Crippen LogP contribution in [-0.2, 0) is 7.05 Å². The van der Waals surface area contributed by atoms with E-state index in [0.29, 0.717) is 23.5 Å². The van der Waals surface area contributed by atoms with Gasteiger partial charge < -0.3 is 18.9 Å². The van der Waals surface area contributed by atoms with Gasteiger partial charge in [-0.15, -0.1) is 0 Å². The number of halogens is 1. The number of pyridine rings is 1. The Morgan fingerprint density at radius 1 is 1.20 bits per heavy atom. The van der Waals surface area contributed by atoms with Gasteiger partial charge in [0, 0.05) is 18.0 Å². The van der Waals surface area contributed by atoms with Crippen molar-refractivity contribution in [3.63, 3.8) is 0 Å². The molecule has 4 rings (SSSR count). The molecule has 2 aromatic heterocycles. The van der Waals surface area contributed by atoms with Crippen LogP contribution < -0.4 is 10.3 Å². The molecule has 154 valence electrons. The maximum atomic E-state index is 13.6. The van der Waals surface area contributed by atoms with Crippen LogP contribution in [0.4, 0.5) is 4.39 Å². The van der Waals surface area contributed by atoms with Crippen LogP contribution in [0.5, 0.6) is 11.5 Å². The van der Waals surface area contributed by atoms with Gasteiger partial charge in [-0.25, -0.2) is 4.39 Å². The number of rotatable bonds is 5. The molecule has 2 aromatic carbocycles. The molecule has 2 heterocycles. The molecule has 0 unspecified atom stereocenters. The van der Waals surface area contributed by atoms with Crippen molar-refractivity contribution in [2.24, 2.45) is 13.0 Å². The van der Waals surface area contributed by atoms with E-state index < -0.39 is 11.4 Å². The highest BCUT2D eigenvalue weighted by atomic mass is 19.1. The molecule has 30 heavy (non-hydrogen) atoms. The fourth-order valence-corrected chi connectivity index (χ4v) is 3.09. The van der Waals surface area contributed by atoms with Crippen molar-refractivity contribution in [3.8, 4) is 34.3 Å². The summed E-state index contributed by atoms with van der Waals surface area (Å²) in [6, 6.07) is 11.0. The lowest BCUT2D eigenvalue weighted by atomic mass is 10.1. The lowest BCUT2D eigenvalue weighted by Crippen LogP contribution is -2.19. The molecule has 4 aromatic rings. The second-order valence-corrected chi connectivity index (χ2v) is 7.40. The number of hydrogen-bond donors (Lipinski definition) is 1. The monoisotopic (exact) mass is 409 g/mol. The SMILES string of the molecule is CC(C)COc1ccc(-c2noc(-c3c(O)c4ccc(F)cc4n(C)c3=O)n2)cc1. The molecule has 7 nitrogen and oxygen atoms in total. The van der Waals surface area contributed by atoms with Crippen molar-refractivity contribution < 1.29 is 18.8 Å². The third-order valence-corrected chi connectivity index (χ3v) is 4.67. The highest BCUT2D eigenvalue weighted by Gasteiger charge is 2.22. The van der Waals surface area contributed by atoms with Crippen LogP contribution in [0.3, 0.4) is 0 Å². The third kappa shape index (κ3) is 3.52. The van der Waals surface area contributed by atoms with Crippen LogP contribution in [-0.4, -0.2) is 26.4 Å². The number of benzene rings is 2. The van der Waals surface area contributed by atoms with Crippen molar-refractivity contribution in [2.75, 3.05) is 6.61 Å². The maximum absolute atomic E-state index is 13.6. The Morgan fingerprint density at radius 2 is 1.93 bits per heavy atom. The lowest BCUT2D eigenvalue weighted by Gasteiger charge is -2.09. The van der Waals surface area contributed by atoms with Crippen molar-refractivity contribution in [3.05, 3.63) is 58.6 Å². The van der Waals surface area contributed by atoms with E-state index in [1.54, 1.807) is 24.3 Å². The molecule has 0 amide bonds. The molecule has 0 spiro atoms. The Labute approximate surface area is 171 Å². The molecule has 0 fully saturated rings. The van der Waals surface area contributed by atoms with Crippen molar-refractivity contribution in [1.82, 2.24) is 14.7 Å². The molecule has 0 atom stereocenters. The van der Waals surface area contributed by atoms with E-state index in [4.69, 9.17) is 9.26 Å². The van der Waals surface area contributed by atoms with Gasteiger partial charge in [0.25, 0.3) is 11.4 Å². The summed E-state index contributed by atoms with van der Waals surface area (Å²) in [5, 5.41) is 14.9. The van der Waals surface area contributed by atoms with Gasteiger partial charge in [0.05, 0.1) is 12.1 Å². The molecule has 8 heteroatoms. The van der Waals surface area contributed by atoms with Gasteiger partial charge in [-0.2, -0.15) is 4.98 Å². The average molecular weight is 409 g/mol. The predicted molar refractivity (Wildman–Crippen MR) is 110 cm³/mol. The van der Waals surface area contributed by atoms with Crippen LogP contribution in [0.25, 0.3) is 33.7 Å². The topological polar surface area (TPSA) is 90.4 Å². The molecule has 0 aliphatic rings. The second-order valence-electron chi connectivity index (χ2n) is 7.40. The number of nitrogens with zero attached hydrogens (tertiary/aromatic N) is 3. The third-order valence-electron chi connectivity index (χ3n) is 4.67. The lowest BCUT2D eigenvalue weighted by molar-refractivity contribution is 0.271. The summed E-state index contributed by atoms with van der Waals surface area (Å²) in [4.78, 5) is 17.0. The zero-order valence-electron chi connectivity index (χ0n) is 16.7. The maximum Gasteiger partial charge on any atom is 0.267 e. The predicted octanol–water partition coefficient (Wildman–Crippen LogP) is 4.14. The minimum absolute atomic E-state index is 0.116. The van der Waals surface area contributed by atoms with E-state index in [-0.39, 0.29) is 28.5 Å². The fourth-order valence-electron chi connectivity index (χ4n) is 3.09. The van der Waals surface area contributed by atoms with Crippen molar-refractivity contribution in [1.29, 1.82) is 0 Å². The van der Waals surface area contributed by atoms with Crippen LogP contribution in [0.1, 0.15) is 13.8 Å². The first kappa shape index (κ1) is 19.6. The molecule has 0 saturated carbocycles. The summed E-state index contributed by atoms with van der Waals surface area (Å²) in [6.45, 7) is 4.75. The van der Waals surface area contributed by atoms with E-state index in [0.717, 1.165) is 5.75 Å². The highest BCUT2D eigenvalue weighted by molar-refractivity contribution is 5.91. The summed E-state index contributed by atoms with van der Waals surface area (Å²) < 4.78 is 25.7. The second kappa shape index (κ2) is 7.62. The molecule has 0 aliphatic heterocycles. The van der Waals surface area contributed by atoms with Gasteiger partial charge in [-0.05, 0) is 48.4 Å². The summed E-state index contributed by atoms with van der Waals surface area (Å²) in [5.74, 6) is 0.449. The molecular weight excluding hydrogens is 389 g/mol. The summed E-state index contributed by atoms with van der Waals surface area (Å²) >= 11 is 0. The molecule has 0 radical (unpaired) electrons. The molecule has 1 N–H and O–H groups in total. The minimum atomic E-state index is -0.571. The smallest absolute Gasteiger partial charge is 0.267 e. The van der Waals surface area contributed by atoms with E-state index in [1.807, 2.05) is 0 Å². The molecule has 0 aliphatic carbocycles. The Balaban J connectivity index is 1.72. The van der Waals surface area contributed by atoms with E-state index in [2.05, 4.69) is 24.0 Å². The highest BCUT2D eigenvalue weighted by Crippen LogP contribution is 2.33. The average Bonchev–Trinajstić information content (AvgIpc) is 3.20. The first-order valence-electron chi connectivity index (χ1n) is 9.43. The standard InChI is InChI=1S/C22H20FN3O4/c1-12(2)11-29-15-7-4-13(5-8-15)20-24-21(30-25-20)18-19(27)16-9-6-14(23)10-17(16)26(3)22(18)28/h4-10,12,27H,11H2,1-3H3. The van der Waals surface area contributed by atoms with E-state index >= 15 is 0 Å². The van der Waals surface area contributed by atoms with Gasteiger partial charge in [-0.3, -0.25) is 4.79 Å². The summed E-state index contributed by atoms with van der Waals surface area (Å²) in [6.07, 6.45) is 0. The Hall–Kier alpha value is -3.68. The van der Waals surface area contributed by atoms with Crippen molar-refractivity contribution >= 4 is 10.9 Å². The number of ether oxygens (including phenoxy) is 1. The van der Waals surface area contributed by atoms with Crippen LogP contribution in [0.2, 0.25) is 0 Å². The number of aromatic hydroxyl groups is 1. The summed E-state index contributed by atoms with van der Waals surface area (Å²) in [7, 11) is 1.49. The first-order chi connectivity index (χ1) is 14.3. The van der Waals surface area contributed by atoms with Crippen LogP contribution in [0.15, 0.2) is 51.8 Å². The number of aromatic nitrogens is 3. The fraction of sp³-hybridized carbons (Fsp3) is 0.227. The van der Waals surface area contributed by atoms with Gasteiger partial charge >= 0.3 is 0 Å². The number of aryl methyl sites for hydroxylation is 1. The molecular formula is C22H20FN3O4. The minimum Gasteiger partial charge on any atom is -0.506 e. The van der Waals surface area contributed by atoms with Crippen LogP contribution in [0, 0.1) is 11.7 Å². The number of hydrogen-bond acceptors (Lipinski definition) is 6. The van der Waals surface area contributed by atoms with Gasteiger partial charge in [0.1, 0.15) is 22.9 Å². The Morgan fingerprint density at radius 3 is 2.63 bits per heavy atom. The molecule has 0 saturated heterocycles. The Kier molecular flexibility index (Phi) is 4.99. The number of fused-ring (bicyclic) bond motifs is 1. The van der Waals surface area contributed by atoms with Crippen LogP contribution >= 0.6 is 0 Å². The normalized spacial score (nSPS) is 11.4. The summed E-state index contributed by atoms with van der Waals surface area (Å²) in [5.41, 5.74) is 0.226. The van der Waals surface area contributed by atoms with Gasteiger partial charge in [0.15, 0.2) is 0 Å². The first-order valence-corrected chi connectivity index (χ1v) is 9.43. The van der Waals surface area contributed by atoms with E-state index in [9.17, 15) is 14.3 Å². The van der Waals surface area contributed by atoms with Gasteiger partial charge in [-0.1, -0.05) is 19.0 Å². The zero-order valence-corrected chi connectivity index (χ0v) is 16.7. The largest absolute Gasteiger partial charge is 0.506 e. The van der Waals surface area contributed by atoms with E-state index in [1.165, 1.54) is 29.8 Å². The Bertz CT molecular complexity index is 1280. The zero-order chi connectivity index (χ0) is 21.4. The molecule has 0 bridgehead atoms.